The summed E-state index contributed by atoms with van der Waals surface area (Å²) in [4.78, 5) is 12.3. The smallest absolute Gasteiger partial charge is 0.449 e. The summed E-state index contributed by atoms with van der Waals surface area (Å²) in [7, 11) is 0. The fourth-order valence-corrected chi connectivity index (χ4v) is 4.81. The van der Waals surface area contributed by atoms with Crippen LogP contribution in [0.15, 0.2) is 60.7 Å². The summed E-state index contributed by atoms with van der Waals surface area (Å²) in [6, 6.07) is 18.8. The molecule has 32 heavy (non-hydrogen) atoms. The van der Waals surface area contributed by atoms with Gasteiger partial charge in [0, 0.05) is 16.0 Å². The molecule has 9 heteroatoms. The molecule has 0 heterocycles. The van der Waals surface area contributed by atoms with E-state index in [2.05, 4.69) is 5.32 Å². The third-order valence-corrected chi connectivity index (χ3v) is 6.26. The van der Waals surface area contributed by atoms with Gasteiger partial charge in [-0.1, -0.05) is 60.2 Å². The topological polar surface area (TPSA) is 38.3 Å². The Labute approximate surface area is 241 Å². The molecule has 0 atom stereocenters. The third-order valence-electron chi connectivity index (χ3n) is 5.64. The molecule has 0 radical (unpaired) electrons. The molecule has 3 aromatic rings. The summed E-state index contributed by atoms with van der Waals surface area (Å²) in [6.07, 6.45) is -0.654. The first-order chi connectivity index (χ1) is 14.8. The summed E-state index contributed by atoms with van der Waals surface area (Å²) < 4.78 is 45.8. The van der Waals surface area contributed by atoms with Crippen LogP contribution in [0.3, 0.4) is 0 Å². The van der Waals surface area contributed by atoms with Gasteiger partial charge in [0.2, 0.25) is 0 Å². The quantitative estimate of drug-likeness (QED) is 0.376. The van der Waals surface area contributed by atoms with Gasteiger partial charge in [-0.3, -0.25) is 0 Å². The minimum absolute atomic E-state index is 0. The number of benzene rings is 3. The molecule has 1 aliphatic carbocycles. The zero-order valence-corrected chi connectivity index (χ0v) is 23.0. The number of rotatable bonds is 5. The van der Waals surface area contributed by atoms with Crippen molar-refractivity contribution in [2.24, 2.45) is 0 Å². The van der Waals surface area contributed by atoms with Crippen LogP contribution in [-0.2, 0) is 11.3 Å². The number of fused-ring (bicyclic) bond motifs is 3. The van der Waals surface area contributed by atoms with Crippen molar-refractivity contribution in [3.8, 4) is 11.1 Å². The summed E-state index contributed by atoms with van der Waals surface area (Å²) in [5.74, 6) is -0.0721. The van der Waals surface area contributed by atoms with E-state index in [1.807, 2.05) is 71.1 Å². The van der Waals surface area contributed by atoms with Crippen LogP contribution >= 0.6 is 22.6 Å². The zero-order chi connectivity index (χ0) is 22.2. The van der Waals surface area contributed by atoms with Crippen molar-refractivity contribution in [2.45, 2.75) is 19.4 Å². The molecule has 4 rings (SSSR count). The number of nitrogens with one attached hydrogen (secondary N) is 1. The summed E-state index contributed by atoms with van der Waals surface area (Å²) in [5.41, 5.74) is 4.38. The maximum absolute atomic E-state index is 13.3. The van der Waals surface area contributed by atoms with Crippen LogP contribution in [0.4, 0.5) is 17.7 Å². The first kappa shape index (κ1) is 25.8. The van der Waals surface area contributed by atoms with Crippen molar-refractivity contribution >= 4 is 41.1 Å². The molecule has 1 aliphatic rings. The second kappa shape index (κ2) is 10.6. The van der Waals surface area contributed by atoms with E-state index in [4.69, 9.17) is 4.74 Å². The minimum atomic E-state index is -5.12. The Bertz CT molecular complexity index is 1110. The molecule has 0 saturated carbocycles. The standard InChI is InChI=1S/C23H19BF3INO2.K/c1-14-15(10-16(28)11-22(14)24(25,26)27)12-29-23(30)31-13-21-19-8-4-2-6-17(19)18-7-3-5-9-20(18)21;/h2-11,21H,12-13H2,1H3,(H,29,30);/q-1;+1. The van der Waals surface area contributed by atoms with Crippen LogP contribution in [0.2, 0.25) is 0 Å². The SMILES string of the molecule is Cc1c(CNC(=O)OCC2c3ccccc3-c3ccccc32)cc(I)cc1[B-](F)(F)F.[K+]. The molecule has 0 aliphatic heterocycles. The van der Waals surface area contributed by atoms with E-state index >= 15 is 0 Å². The van der Waals surface area contributed by atoms with Gasteiger partial charge in [-0.25, -0.2) is 4.79 Å². The second-order valence-corrected chi connectivity index (χ2v) is 8.78. The first-order valence-electron chi connectivity index (χ1n) is 9.83. The molecule has 0 saturated heterocycles. The van der Waals surface area contributed by atoms with Gasteiger partial charge in [0.1, 0.15) is 6.61 Å². The number of ether oxygens (including phenoxy) is 1. The fourth-order valence-electron chi connectivity index (χ4n) is 4.10. The number of hydrogen-bond donors (Lipinski definition) is 1. The Balaban J connectivity index is 0.00000289. The maximum atomic E-state index is 13.3. The van der Waals surface area contributed by atoms with Gasteiger partial charge in [0.15, 0.2) is 0 Å². The molecule has 0 unspecified atom stereocenters. The van der Waals surface area contributed by atoms with E-state index in [0.29, 0.717) is 9.13 Å². The van der Waals surface area contributed by atoms with E-state index in [1.165, 1.54) is 6.92 Å². The molecule has 1 N–H and O–H groups in total. The average molecular weight is 575 g/mol. The van der Waals surface area contributed by atoms with Gasteiger partial charge in [0.25, 0.3) is 0 Å². The normalized spacial score (nSPS) is 12.5. The first-order valence-corrected chi connectivity index (χ1v) is 10.9. The number of alkyl carbamates (subject to hydrolysis) is 1. The number of hydrogen-bond acceptors (Lipinski definition) is 2. The number of carbonyl (C=O) groups excluding carboxylic acids is 1. The van der Waals surface area contributed by atoms with E-state index in [1.54, 1.807) is 6.07 Å². The van der Waals surface area contributed by atoms with Gasteiger partial charge in [0.05, 0.1) is 0 Å². The van der Waals surface area contributed by atoms with Crippen molar-refractivity contribution in [1.82, 2.24) is 5.32 Å². The number of halogens is 4. The van der Waals surface area contributed by atoms with E-state index < -0.39 is 18.5 Å². The van der Waals surface area contributed by atoms with Gasteiger partial charge >= 0.3 is 64.5 Å². The molecular weight excluding hydrogens is 556 g/mol. The molecule has 0 bridgehead atoms. The average Bonchev–Trinajstić information content (AvgIpc) is 3.05. The van der Waals surface area contributed by atoms with Crippen molar-refractivity contribution in [2.75, 3.05) is 6.61 Å². The van der Waals surface area contributed by atoms with Crippen molar-refractivity contribution in [3.63, 3.8) is 0 Å². The molecule has 3 aromatic carbocycles. The predicted octanol–water partition coefficient (Wildman–Crippen LogP) is 2.70. The second-order valence-electron chi connectivity index (χ2n) is 7.53. The van der Waals surface area contributed by atoms with Crippen LogP contribution in [0.1, 0.15) is 28.2 Å². The number of amides is 1. The Hall–Kier alpha value is -0.849. The van der Waals surface area contributed by atoms with Crippen LogP contribution in [0, 0.1) is 10.5 Å². The van der Waals surface area contributed by atoms with Gasteiger partial charge in [-0.2, -0.15) is 0 Å². The van der Waals surface area contributed by atoms with Crippen molar-refractivity contribution < 1.29 is 73.9 Å². The largest absolute Gasteiger partial charge is 1.00 e. The van der Waals surface area contributed by atoms with E-state index in [-0.39, 0.29) is 76.0 Å². The number of carbonyl (C=O) groups is 1. The predicted molar refractivity (Wildman–Crippen MR) is 125 cm³/mol. The van der Waals surface area contributed by atoms with E-state index in [9.17, 15) is 17.7 Å². The minimum Gasteiger partial charge on any atom is -0.449 e. The van der Waals surface area contributed by atoms with Crippen LogP contribution in [-0.4, -0.2) is 19.7 Å². The summed E-state index contributed by atoms with van der Waals surface area (Å²) >= 11 is 1.85. The molecule has 3 nitrogen and oxygen atoms in total. The van der Waals surface area contributed by atoms with Crippen molar-refractivity contribution in [3.05, 3.63) is 86.5 Å². The van der Waals surface area contributed by atoms with E-state index in [0.717, 1.165) is 28.3 Å². The Morgan fingerprint density at radius 2 is 1.59 bits per heavy atom. The van der Waals surface area contributed by atoms with Crippen LogP contribution in [0.5, 0.6) is 0 Å². The molecule has 160 valence electrons. The monoisotopic (exact) mass is 575 g/mol. The fraction of sp³-hybridized carbons (Fsp3) is 0.174. The molecule has 0 spiro atoms. The Kier molecular flexibility index (Phi) is 8.54. The summed E-state index contributed by atoms with van der Waals surface area (Å²) in [5, 5.41) is 2.59. The van der Waals surface area contributed by atoms with Crippen LogP contribution in [0.25, 0.3) is 11.1 Å². The molecular formula is C23H19BF3IKNO2. The van der Waals surface area contributed by atoms with Crippen molar-refractivity contribution in [1.29, 1.82) is 0 Å². The van der Waals surface area contributed by atoms with Gasteiger partial charge < -0.3 is 23.0 Å². The third kappa shape index (κ3) is 5.44. The molecule has 0 fully saturated rings. The molecule has 0 aromatic heterocycles. The maximum Gasteiger partial charge on any atom is 1.00 e. The zero-order valence-electron chi connectivity index (χ0n) is 17.7. The van der Waals surface area contributed by atoms with Gasteiger partial charge in [-0.15, -0.1) is 5.46 Å². The Morgan fingerprint density at radius 3 is 2.16 bits per heavy atom. The van der Waals surface area contributed by atoms with Gasteiger partial charge in [-0.05, 0) is 63.4 Å². The summed E-state index contributed by atoms with van der Waals surface area (Å²) in [6.45, 7) is -3.57. The Morgan fingerprint density at radius 1 is 1.03 bits per heavy atom. The molecule has 1 amide bonds. The van der Waals surface area contributed by atoms with Crippen LogP contribution < -0.4 is 62.2 Å².